The summed E-state index contributed by atoms with van der Waals surface area (Å²) in [6, 6.07) is 8.10. The van der Waals surface area contributed by atoms with Crippen LogP contribution in [0.2, 0.25) is 0 Å². The third-order valence-electron chi connectivity index (χ3n) is 3.69. The molecule has 0 saturated carbocycles. The van der Waals surface area contributed by atoms with Crippen molar-refractivity contribution in [1.29, 1.82) is 0 Å². The van der Waals surface area contributed by atoms with Gasteiger partial charge in [-0.3, -0.25) is 0 Å². The predicted molar refractivity (Wildman–Crippen MR) is 78.7 cm³/mol. The molecular formula is C17H19F2N. The van der Waals surface area contributed by atoms with Crippen molar-refractivity contribution in [3.05, 3.63) is 58.7 Å². The van der Waals surface area contributed by atoms with Crippen LogP contribution in [-0.2, 0) is 0 Å². The largest absolute Gasteiger partial charge is 0.313 e. The maximum Gasteiger partial charge on any atom is 0.131 e. The number of hydrogen-bond donors (Lipinski definition) is 1. The molecule has 0 fully saturated rings. The fraction of sp³-hybridized carbons (Fsp3) is 0.294. The zero-order chi connectivity index (χ0) is 14.9. The van der Waals surface area contributed by atoms with E-state index in [-0.39, 0.29) is 17.7 Å². The molecule has 0 aliphatic heterocycles. The molecule has 2 aromatic rings. The summed E-state index contributed by atoms with van der Waals surface area (Å²) in [5.41, 5.74) is 3.80. The van der Waals surface area contributed by atoms with Crippen molar-refractivity contribution in [1.82, 2.24) is 5.32 Å². The second kappa shape index (κ2) is 5.71. The minimum atomic E-state index is -0.288. The highest BCUT2D eigenvalue weighted by molar-refractivity contribution is 5.72. The molecule has 0 aliphatic carbocycles. The molecule has 3 heteroatoms. The van der Waals surface area contributed by atoms with E-state index in [1.807, 2.05) is 20.0 Å². The van der Waals surface area contributed by atoms with Gasteiger partial charge in [-0.15, -0.1) is 0 Å². The number of aryl methyl sites for hydroxylation is 2. The molecule has 0 spiro atoms. The fourth-order valence-corrected chi connectivity index (χ4v) is 2.51. The van der Waals surface area contributed by atoms with Crippen molar-refractivity contribution in [3.63, 3.8) is 0 Å². The van der Waals surface area contributed by atoms with E-state index in [0.29, 0.717) is 5.56 Å². The molecule has 0 aliphatic rings. The van der Waals surface area contributed by atoms with E-state index in [9.17, 15) is 8.78 Å². The van der Waals surface area contributed by atoms with Crippen molar-refractivity contribution in [2.75, 3.05) is 7.05 Å². The first kappa shape index (κ1) is 14.7. The Labute approximate surface area is 118 Å². The van der Waals surface area contributed by atoms with Crippen LogP contribution < -0.4 is 5.32 Å². The van der Waals surface area contributed by atoms with E-state index in [2.05, 4.69) is 5.32 Å². The van der Waals surface area contributed by atoms with Crippen molar-refractivity contribution in [3.8, 4) is 11.1 Å². The van der Waals surface area contributed by atoms with E-state index in [0.717, 1.165) is 22.3 Å². The summed E-state index contributed by atoms with van der Waals surface area (Å²) in [4.78, 5) is 0. The minimum Gasteiger partial charge on any atom is -0.313 e. The molecule has 2 aromatic carbocycles. The summed E-state index contributed by atoms with van der Waals surface area (Å²) in [6.07, 6.45) is 0. The predicted octanol–water partition coefficient (Wildman–Crippen LogP) is 4.53. The van der Waals surface area contributed by atoms with Gasteiger partial charge in [0.05, 0.1) is 0 Å². The van der Waals surface area contributed by atoms with Crippen LogP contribution >= 0.6 is 0 Å². The Balaban J connectivity index is 2.63. The molecule has 2 rings (SSSR count). The highest BCUT2D eigenvalue weighted by Gasteiger charge is 2.14. The molecule has 0 aromatic heterocycles. The lowest BCUT2D eigenvalue weighted by molar-refractivity contribution is 0.619. The zero-order valence-corrected chi connectivity index (χ0v) is 12.2. The molecule has 0 amide bonds. The van der Waals surface area contributed by atoms with E-state index < -0.39 is 0 Å². The summed E-state index contributed by atoms with van der Waals surface area (Å²) in [5.74, 6) is -0.571. The van der Waals surface area contributed by atoms with Crippen molar-refractivity contribution in [2.45, 2.75) is 26.8 Å². The van der Waals surface area contributed by atoms with Gasteiger partial charge in [0.25, 0.3) is 0 Å². The fourth-order valence-electron chi connectivity index (χ4n) is 2.51. The molecule has 20 heavy (non-hydrogen) atoms. The molecule has 1 atom stereocenters. The maximum absolute atomic E-state index is 14.2. The molecule has 0 bridgehead atoms. The van der Waals surface area contributed by atoms with Crippen molar-refractivity contribution in [2.24, 2.45) is 0 Å². The normalized spacial score (nSPS) is 12.5. The molecule has 106 valence electrons. The number of halogens is 2. The Morgan fingerprint density at radius 3 is 2.15 bits per heavy atom. The van der Waals surface area contributed by atoms with Crippen LogP contribution in [0.3, 0.4) is 0 Å². The van der Waals surface area contributed by atoms with E-state index in [1.165, 1.54) is 18.2 Å². The van der Waals surface area contributed by atoms with Gasteiger partial charge >= 0.3 is 0 Å². The number of benzene rings is 2. The number of rotatable bonds is 3. The van der Waals surface area contributed by atoms with Crippen LogP contribution in [0, 0.1) is 25.5 Å². The summed E-state index contributed by atoms with van der Waals surface area (Å²) in [5, 5.41) is 3.14. The number of hydrogen-bond acceptors (Lipinski definition) is 1. The Morgan fingerprint density at radius 1 is 1.00 bits per heavy atom. The Hall–Kier alpha value is -1.74. The van der Waals surface area contributed by atoms with Crippen LogP contribution in [0.15, 0.2) is 30.3 Å². The lowest BCUT2D eigenvalue weighted by Crippen LogP contribution is -2.12. The van der Waals surface area contributed by atoms with Crippen LogP contribution in [0.25, 0.3) is 11.1 Å². The summed E-state index contributed by atoms with van der Waals surface area (Å²) >= 11 is 0. The van der Waals surface area contributed by atoms with E-state index in [1.54, 1.807) is 19.9 Å². The summed E-state index contributed by atoms with van der Waals surface area (Å²) in [7, 11) is 1.86. The highest BCUT2D eigenvalue weighted by Crippen LogP contribution is 2.32. The minimum absolute atomic E-state index is 0.135. The van der Waals surface area contributed by atoms with Gasteiger partial charge in [0.1, 0.15) is 11.6 Å². The Bertz CT molecular complexity index is 612. The molecular weight excluding hydrogens is 256 g/mol. The average molecular weight is 275 g/mol. The molecule has 0 radical (unpaired) electrons. The molecule has 0 saturated heterocycles. The van der Waals surface area contributed by atoms with Gasteiger partial charge in [-0.05, 0) is 74.3 Å². The molecule has 1 N–H and O–H groups in total. The first-order chi connectivity index (χ1) is 9.43. The third kappa shape index (κ3) is 2.73. The second-order valence-corrected chi connectivity index (χ2v) is 5.16. The van der Waals surface area contributed by atoms with Crippen LogP contribution in [0.5, 0.6) is 0 Å². The van der Waals surface area contributed by atoms with Crippen LogP contribution in [-0.4, -0.2) is 7.05 Å². The van der Waals surface area contributed by atoms with Crippen LogP contribution in [0.1, 0.15) is 29.7 Å². The van der Waals surface area contributed by atoms with Gasteiger partial charge in [-0.2, -0.15) is 0 Å². The van der Waals surface area contributed by atoms with Gasteiger partial charge in [0.15, 0.2) is 0 Å². The van der Waals surface area contributed by atoms with Gasteiger partial charge in [-0.25, -0.2) is 8.78 Å². The van der Waals surface area contributed by atoms with Gasteiger partial charge < -0.3 is 5.32 Å². The standard InChI is InChI=1S/C17H19F2N/c1-10-7-14(18)8-11(2)17(10)15-9-13(12(3)20-4)5-6-16(15)19/h5-9,12,20H,1-4H3. The van der Waals surface area contributed by atoms with Crippen molar-refractivity contribution >= 4 is 0 Å². The zero-order valence-electron chi connectivity index (χ0n) is 12.2. The highest BCUT2D eigenvalue weighted by atomic mass is 19.1. The third-order valence-corrected chi connectivity index (χ3v) is 3.69. The average Bonchev–Trinajstić information content (AvgIpc) is 2.38. The topological polar surface area (TPSA) is 12.0 Å². The first-order valence-electron chi connectivity index (χ1n) is 6.68. The van der Waals surface area contributed by atoms with Gasteiger partial charge in [-0.1, -0.05) is 6.07 Å². The smallest absolute Gasteiger partial charge is 0.131 e. The first-order valence-corrected chi connectivity index (χ1v) is 6.68. The lowest BCUT2D eigenvalue weighted by atomic mass is 9.93. The maximum atomic E-state index is 14.2. The van der Waals surface area contributed by atoms with Gasteiger partial charge in [0.2, 0.25) is 0 Å². The van der Waals surface area contributed by atoms with Crippen molar-refractivity contribution < 1.29 is 8.78 Å². The molecule has 1 nitrogen and oxygen atoms in total. The van der Waals surface area contributed by atoms with E-state index >= 15 is 0 Å². The SMILES string of the molecule is CNC(C)c1ccc(F)c(-c2c(C)cc(F)cc2C)c1. The lowest BCUT2D eigenvalue weighted by Gasteiger charge is -2.16. The molecule has 1 unspecified atom stereocenters. The Morgan fingerprint density at radius 2 is 1.60 bits per heavy atom. The number of nitrogens with one attached hydrogen (secondary N) is 1. The second-order valence-electron chi connectivity index (χ2n) is 5.16. The summed E-state index contributed by atoms with van der Waals surface area (Å²) in [6.45, 7) is 5.62. The van der Waals surface area contributed by atoms with E-state index in [4.69, 9.17) is 0 Å². The monoisotopic (exact) mass is 275 g/mol. The van der Waals surface area contributed by atoms with Crippen LogP contribution in [0.4, 0.5) is 8.78 Å². The molecule has 0 heterocycles. The summed E-state index contributed by atoms with van der Waals surface area (Å²) < 4.78 is 27.6. The Kier molecular flexibility index (Phi) is 4.19. The van der Waals surface area contributed by atoms with Gasteiger partial charge in [0, 0.05) is 11.6 Å². The quantitative estimate of drug-likeness (QED) is 0.867.